The molecule has 96 valence electrons. The van der Waals surface area contributed by atoms with E-state index in [-0.39, 0.29) is 2.85 Å². The summed E-state index contributed by atoms with van der Waals surface area (Å²) in [5, 5.41) is 6.24. The van der Waals surface area contributed by atoms with Crippen LogP contribution in [-0.2, 0) is 13.1 Å². The molecule has 0 fully saturated rings. The normalized spacial score (nSPS) is 9.50. The molecule has 0 radical (unpaired) electrons. The number of hydrogen-bond acceptors (Lipinski definition) is 2. The summed E-state index contributed by atoms with van der Waals surface area (Å²) in [5.74, 6) is 0. The Hall–Kier alpha value is -0.860. The van der Waals surface area contributed by atoms with E-state index in [1.165, 1.54) is 24.0 Å². The molecule has 1 aromatic rings. The Morgan fingerprint density at radius 3 is 1.31 bits per heavy atom. The largest absolute Gasteiger partial charge is 0.316 e. The quantitative estimate of drug-likeness (QED) is 0.804. The first-order valence-corrected chi connectivity index (χ1v) is 6.15. The predicted molar refractivity (Wildman–Crippen MR) is 76.8 cm³/mol. The molecule has 2 heteroatoms. The molecule has 1 rings (SSSR count). The maximum atomic E-state index is 3.12. The summed E-state index contributed by atoms with van der Waals surface area (Å²) in [6.45, 7) is 6.25. The number of rotatable bonds is 5. The van der Waals surface area contributed by atoms with Gasteiger partial charge in [0.25, 0.3) is 0 Å². The maximum Gasteiger partial charge on any atom is 0.0202 e. The van der Waals surface area contributed by atoms with Crippen LogP contribution >= 0.6 is 0 Å². The maximum absolute atomic E-state index is 3.12. The highest BCUT2D eigenvalue weighted by molar-refractivity contribution is 5.22. The van der Waals surface area contributed by atoms with E-state index in [2.05, 4.69) is 48.7 Å². The smallest absolute Gasteiger partial charge is 0.0202 e. The summed E-state index contributed by atoms with van der Waals surface area (Å²) in [4.78, 5) is 0. The molecule has 0 aliphatic heterocycles. The lowest BCUT2D eigenvalue weighted by atomic mass is 10.1. The number of unbranched alkanes of at least 4 members (excludes halogenated alkanes) is 1. The topological polar surface area (TPSA) is 24.1 Å². The summed E-state index contributed by atoms with van der Waals surface area (Å²) < 4.78 is 0. The van der Waals surface area contributed by atoms with Crippen LogP contribution in [0.15, 0.2) is 24.3 Å². The van der Waals surface area contributed by atoms with Crippen LogP contribution in [0.2, 0.25) is 0 Å². The van der Waals surface area contributed by atoms with Gasteiger partial charge in [-0.1, -0.05) is 51.0 Å². The van der Waals surface area contributed by atoms with Gasteiger partial charge in [0.15, 0.2) is 0 Å². The number of benzene rings is 1. The summed E-state index contributed by atoms with van der Waals surface area (Å²) >= 11 is 0. The van der Waals surface area contributed by atoms with Crippen molar-refractivity contribution in [2.24, 2.45) is 0 Å². The van der Waals surface area contributed by atoms with Crippen molar-refractivity contribution >= 4 is 0 Å². The standard InChI is InChI=1S/C10H16N2.C4H10.2H2/c1-11-7-9-3-5-10(6-4-9)8-12-2;1-3-4-2;;/h3-6,11-12H,7-8H2,1-2H3;3-4H2,1-2H3;2*1H. The lowest BCUT2D eigenvalue weighted by Gasteiger charge is -2.02. The zero-order valence-electron chi connectivity index (χ0n) is 11.1. The molecule has 0 heterocycles. The molecule has 0 spiro atoms. The Morgan fingerprint density at radius 2 is 1.12 bits per heavy atom. The highest BCUT2D eigenvalue weighted by Crippen LogP contribution is 2.03. The Morgan fingerprint density at radius 1 is 0.812 bits per heavy atom. The van der Waals surface area contributed by atoms with Gasteiger partial charge in [-0.2, -0.15) is 0 Å². The summed E-state index contributed by atoms with van der Waals surface area (Å²) in [6, 6.07) is 8.62. The van der Waals surface area contributed by atoms with Gasteiger partial charge in [0.05, 0.1) is 0 Å². The van der Waals surface area contributed by atoms with Crippen molar-refractivity contribution in [2.75, 3.05) is 14.1 Å². The Labute approximate surface area is 103 Å². The number of hydrogen-bond donors (Lipinski definition) is 2. The predicted octanol–water partition coefficient (Wildman–Crippen LogP) is 3.42. The van der Waals surface area contributed by atoms with Crippen molar-refractivity contribution in [2.45, 2.75) is 39.8 Å². The first kappa shape index (κ1) is 15.1. The van der Waals surface area contributed by atoms with Gasteiger partial charge in [0, 0.05) is 15.9 Å². The van der Waals surface area contributed by atoms with Crippen LogP contribution < -0.4 is 10.6 Å². The van der Waals surface area contributed by atoms with Crippen molar-refractivity contribution in [3.05, 3.63) is 35.4 Å². The van der Waals surface area contributed by atoms with Crippen molar-refractivity contribution in [1.29, 1.82) is 0 Å². The van der Waals surface area contributed by atoms with Gasteiger partial charge >= 0.3 is 0 Å². The molecule has 0 saturated heterocycles. The molecule has 0 aromatic heterocycles. The van der Waals surface area contributed by atoms with E-state index in [0.29, 0.717) is 0 Å². The van der Waals surface area contributed by atoms with Crippen LogP contribution in [0, 0.1) is 0 Å². The average Bonchev–Trinajstić information content (AvgIpc) is 2.33. The van der Waals surface area contributed by atoms with Crippen molar-refractivity contribution in [1.82, 2.24) is 10.6 Å². The Kier molecular flexibility index (Phi) is 10.1. The Bertz CT molecular complexity index is 223. The van der Waals surface area contributed by atoms with E-state index in [4.69, 9.17) is 0 Å². The van der Waals surface area contributed by atoms with E-state index in [1.54, 1.807) is 0 Å². The highest BCUT2D eigenvalue weighted by atomic mass is 14.8. The van der Waals surface area contributed by atoms with Crippen molar-refractivity contribution < 1.29 is 2.85 Å². The van der Waals surface area contributed by atoms with Gasteiger partial charge in [0.1, 0.15) is 0 Å². The van der Waals surface area contributed by atoms with Gasteiger partial charge in [-0.25, -0.2) is 0 Å². The van der Waals surface area contributed by atoms with E-state index >= 15 is 0 Å². The third-order valence-electron chi connectivity index (χ3n) is 2.28. The number of nitrogens with one attached hydrogen (secondary N) is 2. The lowest BCUT2D eigenvalue weighted by Crippen LogP contribution is -2.07. The van der Waals surface area contributed by atoms with E-state index in [1.807, 2.05) is 14.1 Å². The van der Waals surface area contributed by atoms with Gasteiger partial charge in [0.2, 0.25) is 0 Å². The SMILES string of the molecule is CCCC.CNCc1ccc(CNC)cc1.[HH].[HH]. The monoisotopic (exact) mass is 226 g/mol. The van der Waals surface area contributed by atoms with E-state index in [9.17, 15) is 0 Å². The van der Waals surface area contributed by atoms with Crippen molar-refractivity contribution in [3.8, 4) is 0 Å². The summed E-state index contributed by atoms with van der Waals surface area (Å²) in [5.41, 5.74) is 2.66. The highest BCUT2D eigenvalue weighted by Gasteiger charge is 1.91. The van der Waals surface area contributed by atoms with E-state index in [0.717, 1.165) is 13.1 Å². The zero-order valence-corrected chi connectivity index (χ0v) is 11.1. The van der Waals surface area contributed by atoms with Gasteiger partial charge in [-0.05, 0) is 25.2 Å². The molecule has 0 bridgehead atoms. The molecule has 2 N–H and O–H groups in total. The molecule has 0 aliphatic carbocycles. The van der Waals surface area contributed by atoms with Gasteiger partial charge in [-0.3, -0.25) is 0 Å². The minimum Gasteiger partial charge on any atom is -0.316 e. The fourth-order valence-corrected chi connectivity index (χ4v) is 1.18. The fourth-order valence-electron chi connectivity index (χ4n) is 1.18. The second kappa shape index (κ2) is 10.7. The molecule has 0 amide bonds. The molecule has 0 aliphatic rings. The third-order valence-corrected chi connectivity index (χ3v) is 2.28. The lowest BCUT2D eigenvalue weighted by molar-refractivity contribution is 0.804. The average molecular weight is 226 g/mol. The molecular weight excluding hydrogens is 196 g/mol. The van der Waals surface area contributed by atoms with Crippen LogP contribution in [0.25, 0.3) is 0 Å². The van der Waals surface area contributed by atoms with Crippen LogP contribution in [-0.4, -0.2) is 14.1 Å². The second-order valence-electron chi connectivity index (χ2n) is 3.88. The van der Waals surface area contributed by atoms with Crippen LogP contribution in [0.4, 0.5) is 0 Å². The van der Waals surface area contributed by atoms with Crippen LogP contribution in [0.1, 0.15) is 40.7 Å². The van der Waals surface area contributed by atoms with Crippen LogP contribution in [0.5, 0.6) is 0 Å². The van der Waals surface area contributed by atoms with Crippen LogP contribution in [0.3, 0.4) is 0 Å². The molecule has 0 saturated carbocycles. The summed E-state index contributed by atoms with van der Waals surface area (Å²) in [6.07, 6.45) is 2.64. The van der Waals surface area contributed by atoms with Gasteiger partial charge < -0.3 is 10.6 Å². The first-order valence-electron chi connectivity index (χ1n) is 6.15. The fraction of sp³-hybridized carbons (Fsp3) is 0.571. The molecule has 2 nitrogen and oxygen atoms in total. The second-order valence-corrected chi connectivity index (χ2v) is 3.88. The minimum absolute atomic E-state index is 0. The van der Waals surface area contributed by atoms with Gasteiger partial charge in [-0.15, -0.1) is 0 Å². The molecule has 16 heavy (non-hydrogen) atoms. The molecule has 0 atom stereocenters. The zero-order chi connectivity index (χ0) is 12.2. The molecular formula is C14H30N2. The van der Waals surface area contributed by atoms with E-state index < -0.39 is 0 Å². The first-order chi connectivity index (χ1) is 7.78. The molecule has 0 unspecified atom stereocenters. The Balaban J connectivity index is -0.000000332. The minimum atomic E-state index is 0. The third kappa shape index (κ3) is 7.43. The van der Waals surface area contributed by atoms with Crippen molar-refractivity contribution in [3.63, 3.8) is 0 Å². The summed E-state index contributed by atoms with van der Waals surface area (Å²) in [7, 11) is 3.92. The molecule has 1 aromatic carbocycles.